The topological polar surface area (TPSA) is 187 Å². The Bertz CT molecular complexity index is 819. The van der Waals surface area contributed by atoms with Gasteiger partial charge >= 0.3 is 0 Å². The van der Waals surface area contributed by atoms with E-state index in [9.17, 15) is 22.6 Å². The molecule has 26 heavy (non-hydrogen) atoms. The van der Waals surface area contributed by atoms with Crippen molar-refractivity contribution in [1.29, 1.82) is 0 Å². The van der Waals surface area contributed by atoms with Gasteiger partial charge in [0.1, 0.15) is 11.7 Å². The minimum absolute atomic E-state index is 0.0522. The molecule has 2 atom stereocenters. The number of aromatic amines is 1. The summed E-state index contributed by atoms with van der Waals surface area (Å²) in [5, 5.41) is 2.65. The predicted octanol–water partition coefficient (Wildman–Crippen LogP) is -1.70. The summed E-state index contributed by atoms with van der Waals surface area (Å²) in [5.41, 5.74) is 10.9. The van der Waals surface area contributed by atoms with E-state index < -0.39 is 39.8 Å². The van der Waals surface area contributed by atoms with Crippen LogP contribution in [0, 0.1) is 0 Å². The Kier molecular flexibility index (Phi) is 6.26. The third kappa shape index (κ3) is 5.44. The van der Waals surface area contributed by atoms with E-state index in [-0.39, 0.29) is 25.5 Å². The van der Waals surface area contributed by atoms with Gasteiger partial charge in [0.15, 0.2) is 5.96 Å². The second-order valence-electron chi connectivity index (χ2n) is 5.69. The lowest BCUT2D eigenvalue weighted by Gasteiger charge is -2.25. The van der Waals surface area contributed by atoms with Crippen molar-refractivity contribution in [2.24, 2.45) is 16.5 Å². The minimum atomic E-state index is -4.50. The van der Waals surface area contributed by atoms with Crippen molar-refractivity contribution >= 4 is 43.8 Å². The van der Waals surface area contributed by atoms with Crippen LogP contribution < -0.4 is 16.8 Å². The Balaban J connectivity index is 2.07. The third-order valence-corrected chi connectivity index (χ3v) is 4.92. The number of nitrogens with one attached hydrogen (secondary N) is 2. The largest absolute Gasteiger partial charge is 0.748 e. The molecule has 0 bridgehead atoms. The highest BCUT2D eigenvalue weighted by atomic mass is 79.9. The Morgan fingerprint density at radius 2 is 2.19 bits per heavy atom. The van der Waals surface area contributed by atoms with Crippen molar-refractivity contribution in [2.75, 3.05) is 18.8 Å². The Morgan fingerprint density at radius 1 is 1.50 bits per heavy atom. The molecule has 2 rings (SSSR count). The number of rotatable bonds is 7. The molecule has 1 aromatic heterocycles. The van der Waals surface area contributed by atoms with Gasteiger partial charge in [-0.15, -0.1) is 0 Å². The zero-order valence-corrected chi connectivity index (χ0v) is 15.9. The molecule has 13 heteroatoms. The molecular formula is C13H18BrN6O5S-. The van der Waals surface area contributed by atoms with Crippen LogP contribution in [0.25, 0.3) is 0 Å². The number of likely N-dealkylation sites (tertiary alicyclic amines) is 1. The number of carbonyl (C=O) groups excluding carboxylic acids is 2. The van der Waals surface area contributed by atoms with Gasteiger partial charge in [-0.3, -0.25) is 9.59 Å². The molecule has 144 valence electrons. The number of guanidine groups is 1. The van der Waals surface area contributed by atoms with Crippen LogP contribution in [-0.4, -0.2) is 71.6 Å². The molecule has 0 aromatic carbocycles. The molecule has 0 spiro atoms. The maximum Gasteiger partial charge on any atom is 0.267 e. The second kappa shape index (κ2) is 8.05. The van der Waals surface area contributed by atoms with E-state index in [4.69, 9.17) is 11.5 Å². The molecular weight excluding hydrogens is 432 g/mol. The highest BCUT2D eigenvalue weighted by Gasteiger charge is 2.39. The van der Waals surface area contributed by atoms with Gasteiger partial charge in [0.05, 0.1) is 21.9 Å². The Hall–Kier alpha value is -2.12. The zero-order valence-electron chi connectivity index (χ0n) is 13.5. The van der Waals surface area contributed by atoms with Crippen LogP contribution in [0.3, 0.4) is 0 Å². The molecule has 6 N–H and O–H groups in total. The Morgan fingerprint density at radius 3 is 2.73 bits per heavy atom. The van der Waals surface area contributed by atoms with Gasteiger partial charge in [-0.05, 0) is 22.0 Å². The summed E-state index contributed by atoms with van der Waals surface area (Å²) >= 11 is 3.22. The summed E-state index contributed by atoms with van der Waals surface area (Å²) in [7, 11) is -4.50. The standard InChI is InChI=1S/C13H19BrN6O5S/c14-7-3-9(17-5-7)11(21)18-6-8-4-10(19-13(15)16)12(22)20(8)1-2-26(23,24)25/h3,5,8,10,17H,1-2,4,6H2,(H,18,21)(H4,15,16,19)(H,23,24,25)/p-1/t8-,10+/m0/s1. The average Bonchev–Trinajstić information content (AvgIpc) is 3.07. The lowest BCUT2D eigenvalue weighted by Crippen LogP contribution is -2.44. The lowest BCUT2D eigenvalue weighted by molar-refractivity contribution is -0.129. The van der Waals surface area contributed by atoms with Crippen LogP contribution in [0.2, 0.25) is 0 Å². The SMILES string of the molecule is NC(N)=N[C@@H]1C[C@@H](CNC(=O)c2cc(Br)c[nH]2)N(CCS(=O)(=O)[O-])C1=O. The number of hydrogen-bond donors (Lipinski definition) is 4. The highest BCUT2D eigenvalue weighted by molar-refractivity contribution is 9.10. The number of aromatic nitrogens is 1. The van der Waals surface area contributed by atoms with Crippen molar-refractivity contribution in [2.45, 2.75) is 18.5 Å². The fourth-order valence-corrected chi connectivity index (χ4v) is 3.41. The predicted molar refractivity (Wildman–Crippen MR) is 95.1 cm³/mol. The summed E-state index contributed by atoms with van der Waals surface area (Å²) in [5.74, 6) is -1.91. The van der Waals surface area contributed by atoms with Gasteiger partial charge in [-0.2, -0.15) is 0 Å². The normalized spacial score (nSPS) is 20.2. The highest BCUT2D eigenvalue weighted by Crippen LogP contribution is 2.22. The maximum absolute atomic E-state index is 12.4. The van der Waals surface area contributed by atoms with Crippen molar-refractivity contribution in [3.63, 3.8) is 0 Å². The molecule has 2 amide bonds. The van der Waals surface area contributed by atoms with Crippen molar-refractivity contribution in [3.8, 4) is 0 Å². The molecule has 0 unspecified atom stereocenters. The molecule has 11 nitrogen and oxygen atoms in total. The molecule has 1 aromatic rings. The first-order chi connectivity index (χ1) is 12.1. The van der Waals surface area contributed by atoms with E-state index >= 15 is 0 Å². The van der Waals surface area contributed by atoms with Crippen molar-refractivity contribution < 1.29 is 22.6 Å². The number of hydrogen-bond acceptors (Lipinski definition) is 6. The summed E-state index contributed by atoms with van der Waals surface area (Å²) in [6.45, 7) is -0.244. The molecule has 0 radical (unpaired) electrons. The third-order valence-electron chi connectivity index (χ3n) is 3.78. The molecule has 2 heterocycles. The molecule has 0 aliphatic carbocycles. The molecule has 1 aliphatic rings. The first-order valence-electron chi connectivity index (χ1n) is 7.51. The van der Waals surface area contributed by atoms with E-state index in [1.54, 1.807) is 12.3 Å². The van der Waals surface area contributed by atoms with Crippen molar-refractivity contribution in [1.82, 2.24) is 15.2 Å². The van der Waals surface area contributed by atoms with Gasteiger partial charge in [-0.1, -0.05) is 0 Å². The number of aliphatic imine (C=N–C) groups is 1. The zero-order chi connectivity index (χ0) is 19.5. The van der Waals surface area contributed by atoms with E-state index in [1.807, 2.05) is 0 Å². The fourth-order valence-electron chi connectivity index (χ4n) is 2.65. The van der Waals surface area contributed by atoms with E-state index in [2.05, 4.69) is 31.2 Å². The number of carbonyl (C=O) groups is 2. The summed E-state index contributed by atoms with van der Waals surface area (Å²) in [6, 6.07) is 0.162. The number of amides is 2. The van der Waals surface area contributed by atoms with E-state index in [0.29, 0.717) is 10.2 Å². The monoisotopic (exact) mass is 449 g/mol. The van der Waals surface area contributed by atoms with Crippen LogP contribution >= 0.6 is 15.9 Å². The smallest absolute Gasteiger partial charge is 0.267 e. The van der Waals surface area contributed by atoms with Crippen LogP contribution in [0.4, 0.5) is 0 Å². The van der Waals surface area contributed by atoms with Gasteiger partial charge in [0.25, 0.3) is 5.91 Å². The lowest BCUT2D eigenvalue weighted by atomic mass is 10.1. The van der Waals surface area contributed by atoms with E-state index in [1.165, 1.54) is 4.90 Å². The van der Waals surface area contributed by atoms with Crippen molar-refractivity contribution in [3.05, 3.63) is 22.4 Å². The van der Waals surface area contributed by atoms with Crippen LogP contribution in [0.1, 0.15) is 16.9 Å². The molecule has 1 aliphatic heterocycles. The molecule has 1 saturated heterocycles. The number of halogens is 1. The average molecular weight is 450 g/mol. The molecule has 1 fully saturated rings. The first kappa shape index (κ1) is 20.2. The number of nitrogens with zero attached hydrogens (tertiary/aromatic N) is 2. The second-order valence-corrected chi connectivity index (χ2v) is 8.13. The van der Waals surface area contributed by atoms with Crippen LogP contribution in [0.15, 0.2) is 21.7 Å². The van der Waals surface area contributed by atoms with Gasteiger partial charge in [0.2, 0.25) is 5.91 Å². The summed E-state index contributed by atoms with van der Waals surface area (Å²) in [6.07, 6.45) is 1.78. The van der Waals surface area contributed by atoms with Gasteiger partial charge < -0.3 is 31.2 Å². The quantitative estimate of drug-likeness (QED) is 0.216. The van der Waals surface area contributed by atoms with Gasteiger partial charge in [-0.25, -0.2) is 13.4 Å². The maximum atomic E-state index is 12.4. The number of H-pyrrole nitrogens is 1. The van der Waals surface area contributed by atoms with Crippen LogP contribution in [-0.2, 0) is 14.9 Å². The Labute approximate surface area is 158 Å². The van der Waals surface area contributed by atoms with Crippen LogP contribution in [0.5, 0.6) is 0 Å². The fraction of sp³-hybridized carbons (Fsp3) is 0.462. The van der Waals surface area contributed by atoms with Gasteiger partial charge in [0, 0.05) is 30.2 Å². The van der Waals surface area contributed by atoms with E-state index in [0.717, 1.165) is 0 Å². The first-order valence-corrected chi connectivity index (χ1v) is 9.89. The summed E-state index contributed by atoms with van der Waals surface area (Å²) < 4.78 is 33.3. The minimum Gasteiger partial charge on any atom is -0.748 e. The molecule has 0 saturated carbocycles. The number of nitrogens with two attached hydrogens (primary N) is 2. The summed E-state index contributed by atoms with van der Waals surface area (Å²) in [4.78, 5) is 32.3.